The van der Waals surface area contributed by atoms with Crippen LogP contribution < -0.4 is 0 Å². The van der Waals surface area contributed by atoms with Gasteiger partial charge in [0.05, 0.1) is 0 Å². The van der Waals surface area contributed by atoms with Crippen LogP contribution in [-0.2, 0) is 14.3 Å². The molecule has 3 nitrogen and oxygen atoms in total. The summed E-state index contributed by atoms with van der Waals surface area (Å²) in [6, 6.07) is 0. The van der Waals surface area contributed by atoms with Crippen LogP contribution in [0, 0.1) is 12.3 Å². The topological polar surface area (TPSA) is 35.5 Å². The molecular weight excluding hydrogens is 180 g/mol. The molecule has 1 saturated heterocycles. The zero-order valence-electron chi connectivity index (χ0n) is 7.71. The van der Waals surface area contributed by atoms with Crippen LogP contribution in [0.25, 0.3) is 0 Å². The third-order valence-electron chi connectivity index (χ3n) is 2.50. The molecule has 0 amide bonds. The summed E-state index contributed by atoms with van der Waals surface area (Å²) in [6.07, 6.45) is 7.53. The highest BCUT2D eigenvalue weighted by molar-refractivity contribution is 6.05. The van der Waals surface area contributed by atoms with Crippen molar-refractivity contribution in [3.05, 3.63) is 24.0 Å². The minimum absolute atomic E-state index is 0.0989. The molecule has 72 valence electrons. The normalized spacial score (nSPS) is 30.4. The second kappa shape index (κ2) is 3.00. The second-order valence-corrected chi connectivity index (χ2v) is 3.43. The molecule has 1 atom stereocenters. The Hall–Kier alpha value is -1.53. The molecule has 0 N–H and O–H groups in total. The van der Waals surface area contributed by atoms with Gasteiger partial charge in [-0.1, -0.05) is 6.58 Å². The fourth-order valence-corrected chi connectivity index (χ4v) is 1.74. The maximum Gasteiger partial charge on any atom is 0.190 e. The van der Waals surface area contributed by atoms with E-state index < -0.39 is 5.60 Å². The summed E-state index contributed by atoms with van der Waals surface area (Å²) >= 11 is 0. The third-order valence-corrected chi connectivity index (χ3v) is 2.50. The lowest BCUT2D eigenvalue weighted by Crippen LogP contribution is -2.34. The fraction of sp³-hybridized carbons (Fsp3) is 0.364. The van der Waals surface area contributed by atoms with Gasteiger partial charge in [-0.15, -0.1) is 12.3 Å². The third kappa shape index (κ3) is 1.16. The molecule has 0 spiro atoms. The van der Waals surface area contributed by atoms with E-state index in [4.69, 9.17) is 15.9 Å². The van der Waals surface area contributed by atoms with Crippen molar-refractivity contribution >= 4 is 5.78 Å². The van der Waals surface area contributed by atoms with E-state index in [9.17, 15) is 4.79 Å². The van der Waals surface area contributed by atoms with E-state index in [0.717, 1.165) is 0 Å². The van der Waals surface area contributed by atoms with Crippen molar-refractivity contribution in [2.45, 2.75) is 18.4 Å². The number of hydrogen-bond donors (Lipinski definition) is 0. The number of ether oxygens (including phenoxy) is 2. The summed E-state index contributed by atoms with van der Waals surface area (Å²) in [7, 11) is 0. The molecule has 1 heterocycles. The minimum atomic E-state index is -0.625. The highest BCUT2D eigenvalue weighted by Crippen LogP contribution is 2.40. The van der Waals surface area contributed by atoms with Gasteiger partial charge in [0, 0.05) is 18.9 Å². The molecule has 0 aromatic heterocycles. The maximum absolute atomic E-state index is 11.3. The van der Waals surface area contributed by atoms with E-state index in [-0.39, 0.29) is 12.6 Å². The van der Waals surface area contributed by atoms with Crippen molar-refractivity contribution in [2.75, 3.05) is 6.79 Å². The maximum atomic E-state index is 11.3. The van der Waals surface area contributed by atoms with Gasteiger partial charge in [-0.3, -0.25) is 4.79 Å². The lowest BCUT2D eigenvalue weighted by Gasteiger charge is -2.28. The quantitative estimate of drug-likeness (QED) is 0.460. The zero-order chi connectivity index (χ0) is 10.2. The molecule has 1 aliphatic carbocycles. The summed E-state index contributed by atoms with van der Waals surface area (Å²) in [5, 5.41) is 0. The number of fused-ring (bicyclic) bond motifs is 1. The molecule has 2 rings (SSSR count). The van der Waals surface area contributed by atoms with Crippen LogP contribution in [0.1, 0.15) is 12.8 Å². The lowest BCUT2D eigenvalue weighted by atomic mass is 9.83. The average Bonchev–Trinajstić information content (AvgIpc) is 2.49. The first-order valence-electron chi connectivity index (χ1n) is 4.32. The molecule has 0 bridgehead atoms. The summed E-state index contributed by atoms with van der Waals surface area (Å²) in [5.41, 5.74) is -0.103. The lowest BCUT2D eigenvalue weighted by molar-refractivity contribution is -0.112. The predicted molar refractivity (Wildman–Crippen MR) is 50.1 cm³/mol. The SMILES string of the molecule is C#CC[C@]12CC(=C)C(=O)C=C1OCO2. The summed E-state index contributed by atoms with van der Waals surface area (Å²) in [5.74, 6) is 2.99. The molecular formula is C11H10O3. The smallest absolute Gasteiger partial charge is 0.190 e. The number of terminal acetylenes is 1. The number of carbonyl (C=O) groups is 1. The first kappa shape index (κ1) is 9.04. The Morgan fingerprint density at radius 1 is 1.71 bits per heavy atom. The van der Waals surface area contributed by atoms with Gasteiger partial charge in [0.2, 0.25) is 0 Å². The molecule has 1 aliphatic heterocycles. The zero-order valence-corrected chi connectivity index (χ0v) is 7.71. The van der Waals surface area contributed by atoms with E-state index in [1.807, 2.05) is 0 Å². The Balaban J connectivity index is 2.40. The van der Waals surface area contributed by atoms with Crippen molar-refractivity contribution in [1.29, 1.82) is 0 Å². The van der Waals surface area contributed by atoms with Crippen molar-refractivity contribution < 1.29 is 14.3 Å². The van der Waals surface area contributed by atoms with Crippen molar-refractivity contribution in [2.24, 2.45) is 0 Å². The van der Waals surface area contributed by atoms with Gasteiger partial charge in [-0.25, -0.2) is 0 Å². The van der Waals surface area contributed by atoms with Gasteiger partial charge < -0.3 is 9.47 Å². The largest absolute Gasteiger partial charge is 0.469 e. The highest BCUT2D eigenvalue weighted by Gasteiger charge is 2.45. The van der Waals surface area contributed by atoms with Gasteiger partial charge in [0.1, 0.15) is 11.4 Å². The molecule has 1 fully saturated rings. The number of hydrogen-bond acceptors (Lipinski definition) is 3. The number of allylic oxidation sites excluding steroid dienone is 1. The molecule has 3 heteroatoms. The van der Waals surface area contributed by atoms with Crippen LogP contribution in [0.15, 0.2) is 24.0 Å². The first-order chi connectivity index (χ1) is 6.68. The fourth-order valence-electron chi connectivity index (χ4n) is 1.74. The Labute approximate surface area is 82.4 Å². The van der Waals surface area contributed by atoms with Crippen LogP contribution >= 0.6 is 0 Å². The summed E-state index contributed by atoms with van der Waals surface area (Å²) < 4.78 is 10.7. The van der Waals surface area contributed by atoms with Crippen LogP contribution in [0.2, 0.25) is 0 Å². The second-order valence-electron chi connectivity index (χ2n) is 3.43. The van der Waals surface area contributed by atoms with Crippen molar-refractivity contribution in [3.8, 4) is 12.3 Å². The van der Waals surface area contributed by atoms with Crippen molar-refractivity contribution in [3.63, 3.8) is 0 Å². The summed E-state index contributed by atoms with van der Waals surface area (Å²) in [6.45, 7) is 3.85. The van der Waals surface area contributed by atoms with E-state index in [0.29, 0.717) is 24.2 Å². The number of carbonyl (C=O) groups excluding carboxylic acids is 1. The van der Waals surface area contributed by atoms with Crippen LogP contribution in [0.3, 0.4) is 0 Å². The van der Waals surface area contributed by atoms with Gasteiger partial charge in [0.25, 0.3) is 0 Å². The monoisotopic (exact) mass is 190 g/mol. The molecule has 0 saturated carbocycles. The standard InChI is InChI=1S/C11H10O3/c1-3-4-11-6-8(2)9(12)5-10(11)13-7-14-11/h1,5H,2,4,6-7H2/t11-/m0/s1. The van der Waals surface area contributed by atoms with Gasteiger partial charge in [-0.2, -0.15) is 0 Å². The molecule has 14 heavy (non-hydrogen) atoms. The Morgan fingerprint density at radius 2 is 2.50 bits per heavy atom. The number of rotatable bonds is 1. The Bertz CT molecular complexity index is 372. The minimum Gasteiger partial charge on any atom is -0.469 e. The molecule has 0 radical (unpaired) electrons. The molecule has 2 aliphatic rings. The van der Waals surface area contributed by atoms with E-state index in [2.05, 4.69) is 12.5 Å². The Morgan fingerprint density at radius 3 is 3.21 bits per heavy atom. The highest BCUT2D eigenvalue weighted by atomic mass is 16.7. The van der Waals surface area contributed by atoms with Crippen LogP contribution in [-0.4, -0.2) is 18.2 Å². The number of ketones is 1. The Kier molecular flexibility index (Phi) is 1.94. The van der Waals surface area contributed by atoms with Gasteiger partial charge in [-0.05, 0) is 5.57 Å². The van der Waals surface area contributed by atoms with Gasteiger partial charge >= 0.3 is 0 Å². The molecule has 0 aromatic rings. The predicted octanol–water partition coefficient (Wildman–Crippen LogP) is 1.17. The van der Waals surface area contributed by atoms with E-state index >= 15 is 0 Å². The molecule has 0 unspecified atom stereocenters. The van der Waals surface area contributed by atoms with Crippen LogP contribution in [0.4, 0.5) is 0 Å². The summed E-state index contributed by atoms with van der Waals surface area (Å²) in [4.78, 5) is 11.3. The van der Waals surface area contributed by atoms with E-state index in [1.54, 1.807) is 0 Å². The van der Waals surface area contributed by atoms with E-state index in [1.165, 1.54) is 6.08 Å². The van der Waals surface area contributed by atoms with Crippen molar-refractivity contribution in [1.82, 2.24) is 0 Å². The van der Waals surface area contributed by atoms with Crippen LogP contribution in [0.5, 0.6) is 0 Å². The van der Waals surface area contributed by atoms with Gasteiger partial charge in [0.15, 0.2) is 12.6 Å². The first-order valence-corrected chi connectivity index (χ1v) is 4.32. The average molecular weight is 190 g/mol. The molecule has 0 aromatic carbocycles.